The SMILES string of the molecule is COC(=O)c1nn(C)cc1NC(=O)c1ccc(COc2cc(C)ccc2C(C)C)o1. The van der Waals surface area contributed by atoms with Gasteiger partial charge in [0.1, 0.15) is 18.1 Å². The number of aryl methyl sites for hydroxylation is 2. The van der Waals surface area contributed by atoms with Crippen molar-refractivity contribution in [3.8, 4) is 5.75 Å². The van der Waals surface area contributed by atoms with Crippen LogP contribution in [-0.4, -0.2) is 28.8 Å². The molecule has 0 aliphatic heterocycles. The van der Waals surface area contributed by atoms with Crippen LogP contribution < -0.4 is 10.1 Å². The molecular formula is C22H25N3O5. The molecule has 0 atom stereocenters. The highest BCUT2D eigenvalue weighted by Gasteiger charge is 2.20. The normalized spacial score (nSPS) is 10.9. The van der Waals surface area contributed by atoms with Crippen LogP contribution in [0.3, 0.4) is 0 Å². The summed E-state index contributed by atoms with van der Waals surface area (Å²) in [4.78, 5) is 24.3. The van der Waals surface area contributed by atoms with E-state index in [0.717, 1.165) is 16.9 Å². The monoisotopic (exact) mass is 411 g/mol. The van der Waals surface area contributed by atoms with E-state index in [4.69, 9.17) is 9.15 Å². The van der Waals surface area contributed by atoms with Gasteiger partial charge in [-0.25, -0.2) is 4.79 Å². The third-order valence-electron chi connectivity index (χ3n) is 4.50. The number of nitrogens with zero attached hydrogens (tertiary/aromatic N) is 2. The molecule has 0 spiro atoms. The number of carbonyl (C=O) groups excluding carboxylic acids is 2. The molecule has 2 aromatic heterocycles. The zero-order chi connectivity index (χ0) is 21.8. The van der Waals surface area contributed by atoms with E-state index in [-0.39, 0.29) is 23.7 Å². The molecule has 0 bridgehead atoms. The second kappa shape index (κ2) is 8.86. The van der Waals surface area contributed by atoms with Crippen molar-refractivity contribution in [1.29, 1.82) is 0 Å². The third-order valence-corrected chi connectivity index (χ3v) is 4.50. The van der Waals surface area contributed by atoms with Crippen molar-refractivity contribution in [2.75, 3.05) is 12.4 Å². The van der Waals surface area contributed by atoms with Crippen molar-refractivity contribution in [3.05, 3.63) is 64.9 Å². The van der Waals surface area contributed by atoms with Gasteiger partial charge in [-0.3, -0.25) is 9.48 Å². The van der Waals surface area contributed by atoms with Crippen molar-refractivity contribution in [2.24, 2.45) is 7.05 Å². The number of nitrogens with one attached hydrogen (secondary N) is 1. The van der Waals surface area contributed by atoms with Gasteiger partial charge >= 0.3 is 5.97 Å². The van der Waals surface area contributed by atoms with Crippen LogP contribution in [0.5, 0.6) is 5.75 Å². The molecule has 8 heteroatoms. The summed E-state index contributed by atoms with van der Waals surface area (Å²) in [5.74, 6) is 0.584. The molecule has 0 unspecified atom stereocenters. The third kappa shape index (κ3) is 4.71. The Balaban J connectivity index is 1.69. The minimum absolute atomic E-state index is 0.0177. The number of ether oxygens (including phenoxy) is 2. The molecule has 1 amide bonds. The number of hydrogen-bond acceptors (Lipinski definition) is 6. The second-order valence-electron chi connectivity index (χ2n) is 7.26. The summed E-state index contributed by atoms with van der Waals surface area (Å²) in [7, 11) is 2.89. The van der Waals surface area contributed by atoms with Crippen molar-refractivity contribution >= 4 is 17.6 Å². The summed E-state index contributed by atoms with van der Waals surface area (Å²) in [5.41, 5.74) is 2.47. The Bertz CT molecular complexity index is 1060. The molecule has 0 fully saturated rings. The van der Waals surface area contributed by atoms with Crippen LogP contribution in [0.4, 0.5) is 5.69 Å². The summed E-state index contributed by atoms with van der Waals surface area (Å²) in [5, 5.41) is 6.63. The standard InChI is InChI=1S/C22H25N3O5/c1-13(2)16-8-6-14(3)10-19(16)29-12-15-7-9-18(30-15)21(26)23-17-11-25(4)24-20(17)22(27)28-5/h6-11,13H,12H2,1-5H3,(H,23,26). The molecule has 1 N–H and O–H groups in total. The highest BCUT2D eigenvalue weighted by atomic mass is 16.5. The van der Waals surface area contributed by atoms with E-state index in [1.165, 1.54) is 18.0 Å². The Morgan fingerprint density at radius 2 is 2.00 bits per heavy atom. The highest BCUT2D eigenvalue weighted by molar-refractivity contribution is 6.05. The number of aromatic nitrogens is 2. The van der Waals surface area contributed by atoms with Crippen LogP contribution in [-0.2, 0) is 18.4 Å². The number of esters is 1. The Kier molecular flexibility index (Phi) is 6.25. The predicted molar refractivity (Wildman–Crippen MR) is 111 cm³/mol. The van der Waals surface area contributed by atoms with E-state index in [1.807, 2.05) is 13.0 Å². The van der Waals surface area contributed by atoms with Gasteiger partial charge < -0.3 is 19.2 Å². The lowest BCUT2D eigenvalue weighted by Gasteiger charge is -2.14. The van der Waals surface area contributed by atoms with Gasteiger partial charge in [-0.15, -0.1) is 0 Å². The Labute approximate surface area is 174 Å². The van der Waals surface area contributed by atoms with E-state index in [9.17, 15) is 9.59 Å². The van der Waals surface area contributed by atoms with Crippen molar-refractivity contribution in [3.63, 3.8) is 0 Å². The van der Waals surface area contributed by atoms with Gasteiger partial charge in [0.05, 0.1) is 12.8 Å². The molecule has 2 heterocycles. The van der Waals surface area contributed by atoms with Gasteiger partial charge in [-0.1, -0.05) is 26.0 Å². The molecule has 3 aromatic rings. The first-order chi connectivity index (χ1) is 14.3. The molecular weight excluding hydrogens is 386 g/mol. The maximum atomic E-state index is 12.5. The molecule has 158 valence electrons. The van der Waals surface area contributed by atoms with Crippen molar-refractivity contribution < 1.29 is 23.5 Å². The minimum Gasteiger partial charge on any atom is -0.485 e. The number of hydrogen-bond donors (Lipinski definition) is 1. The zero-order valence-electron chi connectivity index (χ0n) is 17.7. The Morgan fingerprint density at radius 1 is 1.23 bits per heavy atom. The van der Waals surface area contributed by atoms with Crippen LogP contribution >= 0.6 is 0 Å². The van der Waals surface area contributed by atoms with Crippen molar-refractivity contribution in [2.45, 2.75) is 33.3 Å². The number of furan rings is 1. The van der Waals surface area contributed by atoms with Crippen LogP contribution in [0.25, 0.3) is 0 Å². The number of rotatable bonds is 7. The number of benzene rings is 1. The van der Waals surface area contributed by atoms with Gasteiger partial charge in [0, 0.05) is 13.2 Å². The molecule has 1 aromatic carbocycles. The van der Waals surface area contributed by atoms with Gasteiger partial charge in [-0.05, 0) is 42.2 Å². The Hall–Kier alpha value is -3.55. The largest absolute Gasteiger partial charge is 0.485 e. The molecule has 0 aliphatic carbocycles. The zero-order valence-corrected chi connectivity index (χ0v) is 17.7. The molecule has 30 heavy (non-hydrogen) atoms. The summed E-state index contributed by atoms with van der Waals surface area (Å²) in [6.45, 7) is 6.41. The van der Waals surface area contributed by atoms with Crippen LogP contribution in [0.15, 0.2) is 40.9 Å². The first kappa shape index (κ1) is 21.2. The average molecular weight is 411 g/mol. The lowest BCUT2D eigenvalue weighted by molar-refractivity contribution is 0.0594. The average Bonchev–Trinajstić information content (AvgIpc) is 3.32. The summed E-state index contributed by atoms with van der Waals surface area (Å²) in [6.07, 6.45) is 1.52. The number of methoxy groups -OCH3 is 1. The number of anilines is 1. The van der Waals surface area contributed by atoms with Gasteiger partial charge in [0.15, 0.2) is 11.5 Å². The summed E-state index contributed by atoms with van der Waals surface area (Å²) in [6, 6.07) is 9.34. The van der Waals surface area contributed by atoms with E-state index >= 15 is 0 Å². The second-order valence-corrected chi connectivity index (χ2v) is 7.26. The van der Waals surface area contributed by atoms with E-state index in [1.54, 1.807) is 19.2 Å². The van der Waals surface area contributed by atoms with Gasteiger partial charge in [-0.2, -0.15) is 5.10 Å². The van der Waals surface area contributed by atoms with Gasteiger partial charge in [0.25, 0.3) is 5.91 Å². The smallest absolute Gasteiger partial charge is 0.360 e. The van der Waals surface area contributed by atoms with Crippen LogP contribution in [0.2, 0.25) is 0 Å². The fraction of sp³-hybridized carbons (Fsp3) is 0.318. The molecule has 0 saturated heterocycles. The van der Waals surface area contributed by atoms with Crippen molar-refractivity contribution in [1.82, 2.24) is 9.78 Å². The van der Waals surface area contributed by atoms with E-state index in [2.05, 4.69) is 41.1 Å². The molecule has 8 nitrogen and oxygen atoms in total. The topological polar surface area (TPSA) is 95.6 Å². The molecule has 0 radical (unpaired) electrons. The molecule has 0 saturated carbocycles. The lowest BCUT2D eigenvalue weighted by atomic mass is 10.0. The number of amides is 1. The summed E-state index contributed by atoms with van der Waals surface area (Å²) < 4.78 is 17.7. The van der Waals surface area contributed by atoms with Gasteiger partial charge in [0.2, 0.25) is 0 Å². The fourth-order valence-corrected chi connectivity index (χ4v) is 2.98. The highest BCUT2D eigenvalue weighted by Crippen LogP contribution is 2.28. The first-order valence-corrected chi connectivity index (χ1v) is 9.54. The van der Waals surface area contributed by atoms with E-state index in [0.29, 0.717) is 11.7 Å². The Morgan fingerprint density at radius 3 is 2.70 bits per heavy atom. The maximum Gasteiger partial charge on any atom is 0.360 e. The van der Waals surface area contributed by atoms with Crippen LogP contribution in [0.1, 0.15) is 57.7 Å². The predicted octanol–water partition coefficient (Wildman–Crippen LogP) is 4.06. The minimum atomic E-state index is -0.640. The van der Waals surface area contributed by atoms with E-state index < -0.39 is 11.9 Å². The quantitative estimate of drug-likeness (QED) is 0.589. The molecule has 0 aliphatic rings. The maximum absolute atomic E-state index is 12.5. The lowest BCUT2D eigenvalue weighted by Crippen LogP contribution is -2.14. The summed E-state index contributed by atoms with van der Waals surface area (Å²) >= 11 is 0. The fourth-order valence-electron chi connectivity index (χ4n) is 2.98. The van der Waals surface area contributed by atoms with Crippen LogP contribution in [0, 0.1) is 6.92 Å². The molecule has 3 rings (SSSR count). The first-order valence-electron chi connectivity index (χ1n) is 9.54. The number of carbonyl (C=O) groups is 2.